The zero-order valence-corrected chi connectivity index (χ0v) is 16.2. The second-order valence-corrected chi connectivity index (χ2v) is 8.81. The molecule has 1 N–H and O–H groups in total. The zero-order valence-electron chi connectivity index (χ0n) is 15.3. The van der Waals surface area contributed by atoms with Crippen LogP contribution in [0, 0.1) is 11.8 Å². The molecule has 0 aliphatic heterocycles. The maximum atomic E-state index is 14.2. The molecule has 3 aromatic rings. The van der Waals surface area contributed by atoms with E-state index in [1.807, 2.05) is 97.9 Å². The number of rotatable bonds is 5. The summed E-state index contributed by atoms with van der Waals surface area (Å²) in [7, 11) is -3.09. The highest BCUT2D eigenvalue weighted by Gasteiger charge is 2.30. The van der Waals surface area contributed by atoms with Gasteiger partial charge in [-0.25, -0.2) is 5.09 Å². The smallest absolute Gasteiger partial charge is 0.205 e. The van der Waals surface area contributed by atoms with Crippen molar-refractivity contribution in [3.63, 3.8) is 0 Å². The second kappa shape index (κ2) is 8.69. The number of benzene rings is 3. The van der Waals surface area contributed by atoms with Crippen molar-refractivity contribution < 1.29 is 4.57 Å². The average Bonchev–Trinajstić information content (AvgIpc) is 2.73. The lowest BCUT2D eigenvalue weighted by Crippen LogP contribution is -2.30. The van der Waals surface area contributed by atoms with Gasteiger partial charge in [-0.1, -0.05) is 85.1 Å². The molecule has 3 heteroatoms. The Labute approximate surface area is 161 Å². The van der Waals surface area contributed by atoms with Gasteiger partial charge in [0.15, 0.2) is 0 Å². The van der Waals surface area contributed by atoms with Crippen molar-refractivity contribution in [1.82, 2.24) is 5.09 Å². The summed E-state index contributed by atoms with van der Waals surface area (Å²) < 4.78 is 14.2. The average molecular weight is 371 g/mol. The molecule has 3 rings (SSSR count). The molecule has 1 unspecified atom stereocenters. The minimum Gasteiger partial charge on any atom is -0.296 e. The van der Waals surface area contributed by atoms with Crippen molar-refractivity contribution >= 4 is 17.9 Å². The molecule has 3 aromatic carbocycles. The summed E-state index contributed by atoms with van der Waals surface area (Å²) in [6.07, 6.45) is 0. The van der Waals surface area contributed by atoms with E-state index < -0.39 is 7.29 Å². The van der Waals surface area contributed by atoms with Crippen molar-refractivity contribution in [3.05, 3.63) is 109 Å². The third kappa shape index (κ3) is 4.66. The quantitative estimate of drug-likeness (QED) is 0.514. The molecule has 0 aliphatic rings. The van der Waals surface area contributed by atoms with Gasteiger partial charge >= 0.3 is 0 Å². The van der Waals surface area contributed by atoms with Crippen LogP contribution in [0.1, 0.15) is 18.5 Å². The molecule has 0 spiro atoms. The first-order chi connectivity index (χ1) is 13.1. The van der Waals surface area contributed by atoms with E-state index in [-0.39, 0.29) is 6.04 Å². The molecule has 0 saturated carbocycles. The third-order valence-corrected chi connectivity index (χ3v) is 6.79. The molecule has 0 heterocycles. The van der Waals surface area contributed by atoms with E-state index in [1.165, 1.54) is 0 Å². The molecule has 0 aliphatic carbocycles. The number of allylic oxidation sites excluding steroid dienone is 1. The molecule has 0 aromatic heterocycles. The van der Waals surface area contributed by atoms with Gasteiger partial charge in [-0.05, 0) is 42.3 Å². The van der Waals surface area contributed by atoms with Crippen LogP contribution < -0.4 is 15.7 Å². The van der Waals surface area contributed by atoms with E-state index >= 15 is 0 Å². The fraction of sp³-hybridized carbons (Fsp3) is 0.0833. The predicted octanol–water partition coefficient (Wildman–Crippen LogP) is 4.83. The summed E-state index contributed by atoms with van der Waals surface area (Å²) in [5, 5.41) is 4.89. The summed E-state index contributed by atoms with van der Waals surface area (Å²) in [4.78, 5) is 0. The van der Waals surface area contributed by atoms with E-state index in [0.717, 1.165) is 21.7 Å². The predicted molar refractivity (Wildman–Crippen MR) is 115 cm³/mol. The molecule has 0 bridgehead atoms. The maximum absolute atomic E-state index is 14.2. The minimum absolute atomic E-state index is 0.380. The molecule has 0 saturated heterocycles. The first kappa shape index (κ1) is 18.9. The van der Waals surface area contributed by atoms with Gasteiger partial charge in [0.05, 0.1) is 0 Å². The lowest BCUT2D eigenvalue weighted by atomic mass is 10.1. The first-order valence-corrected chi connectivity index (χ1v) is 10.5. The van der Waals surface area contributed by atoms with E-state index in [9.17, 15) is 4.57 Å². The molecule has 134 valence electrons. The number of nitrogens with one attached hydrogen (secondary N) is 1. The Hall–Kier alpha value is -2.85. The van der Waals surface area contributed by atoms with Crippen molar-refractivity contribution in [2.45, 2.75) is 13.0 Å². The van der Waals surface area contributed by atoms with E-state index in [4.69, 9.17) is 0 Å². The van der Waals surface area contributed by atoms with Gasteiger partial charge in [-0.3, -0.25) is 4.57 Å². The van der Waals surface area contributed by atoms with E-state index in [1.54, 1.807) is 0 Å². The van der Waals surface area contributed by atoms with Crippen LogP contribution >= 0.6 is 7.29 Å². The van der Waals surface area contributed by atoms with Crippen LogP contribution in [0.2, 0.25) is 0 Å². The Bertz CT molecular complexity index is 958. The highest BCUT2D eigenvalue weighted by atomic mass is 31.2. The normalized spacial score (nSPS) is 11.9. The summed E-state index contributed by atoms with van der Waals surface area (Å²) in [5.74, 6) is 6.24. The Morgan fingerprint density at radius 3 is 1.74 bits per heavy atom. The first-order valence-electron chi connectivity index (χ1n) is 8.81. The molecular formula is C24H22NOP. The lowest BCUT2D eigenvalue weighted by molar-refractivity contribution is 0.574. The molecule has 0 amide bonds. The van der Waals surface area contributed by atoms with Crippen molar-refractivity contribution in [1.29, 1.82) is 0 Å². The summed E-state index contributed by atoms with van der Waals surface area (Å²) in [5.41, 5.74) is 1.74. The monoisotopic (exact) mass is 371 g/mol. The summed E-state index contributed by atoms with van der Waals surface area (Å²) >= 11 is 0. The molecule has 2 nitrogen and oxygen atoms in total. The lowest BCUT2D eigenvalue weighted by Gasteiger charge is -2.24. The summed E-state index contributed by atoms with van der Waals surface area (Å²) in [6.45, 7) is 5.73. The molecule has 0 fully saturated rings. The fourth-order valence-corrected chi connectivity index (χ4v) is 5.14. The topological polar surface area (TPSA) is 29.1 Å². The molecule has 0 radical (unpaired) electrons. The van der Waals surface area contributed by atoms with E-state index in [0.29, 0.717) is 0 Å². The third-order valence-electron chi connectivity index (χ3n) is 4.11. The van der Waals surface area contributed by atoms with Crippen molar-refractivity contribution in [3.8, 4) is 11.8 Å². The van der Waals surface area contributed by atoms with Crippen molar-refractivity contribution in [2.24, 2.45) is 0 Å². The van der Waals surface area contributed by atoms with Crippen molar-refractivity contribution in [2.75, 3.05) is 0 Å². The van der Waals surface area contributed by atoms with Gasteiger partial charge in [0, 0.05) is 10.6 Å². The minimum atomic E-state index is -3.09. The molecular weight excluding hydrogens is 349 g/mol. The highest BCUT2D eigenvalue weighted by Crippen LogP contribution is 2.41. The molecule has 1 atom stereocenters. The van der Waals surface area contributed by atoms with Crippen LogP contribution in [0.25, 0.3) is 0 Å². The fourth-order valence-electron chi connectivity index (χ4n) is 2.79. The Morgan fingerprint density at radius 1 is 0.852 bits per heavy atom. The van der Waals surface area contributed by atoms with Gasteiger partial charge < -0.3 is 0 Å². The van der Waals surface area contributed by atoms with Crippen LogP contribution in [-0.2, 0) is 4.57 Å². The van der Waals surface area contributed by atoms with Gasteiger partial charge in [-0.15, -0.1) is 0 Å². The number of hydrogen-bond acceptors (Lipinski definition) is 1. The Morgan fingerprint density at radius 2 is 1.30 bits per heavy atom. The SMILES string of the molecule is C=C(C)C#CC(NP(=O)(c1ccccc1)c1ccccc1)c1ccccc1. The zero-order chi connectivity index (χ0) is 19.1. The number of hydrogen-bond donors (Lipinski definition) is 1. The van der Waals surface area contributed by atoms with Gasteiger partial charge in [0.2, 0.25) is 7.29 Å². The second-order valence-electron chi connectivity index (χ2n) is 6.30. The highest BCUT2D eigenvalue weighted by molar-refractivity contribution is 7.76. The standard InChI is InChI=1S/C24H22NOP/c1-20(2)18-19-24(21-12-6-3-7-13-21)25-27(26,22-14-8-4-9-15-22)23-16-10-5-11-17-23/h3-17,24H,1H2,2H3,(H,25,26). The molecule has 27 heavy (non-hydrogen) atoms. The van der Waals surface area contributed by atoms with Gasteiger partial charge in [0.1, 0.15) is 6.04 Å². The Balaban J connectivity index is 2.10. The van der Waals surface area contributed by atoms with Crippen LogP contribution in [0.15, 0.2) is 103 Å². The maximum Gasteiger partial charge on any atom is 0.205 e. The van der Waals surface area contributed by atoms with Crippen LogP contribution in [0.5, 0.6) is 0 Å². The van der Waals surface area contributed by atoms with Crippen LogP contribution in [-0.4, -0.2) is 0 Å². The summed E-state index contributed by atoms with van der Waals surface area (Å²) in [6, 6.07) is 28.5. The Kier molecular flexibility index (Phi) is 6.09. The van der Waals surface area contributed by atoms with Gasteiger partial charge in [-0.2, -0.15) is 0 Å². The largest absolute Gasteiger partial charge is 0.296 e. The van der Waals surface area contributed by atoms with Crippen LogP contribution in [0.4, 0.5) is 0 Å². The van der Waals surface area contributed by atoms with Gasteiger partial charge in [0.25, 0.3) is 0 Å². The van der Waals surface area contributed by atoms with E-state index in [2.05, 4.69) is 23.5 Å². The van der Waals surface area contributed by atoms with Crippen LogP contribution in [0.3, 0.4) is 0 Å².